The van der Waals surface area contributed by atoms with E-state index in [1.165, 1.54) is 30.2 Å². The average Bonchev–Trinajstić information content (AvgIpc) is 3.64. The van der Waals surface area contributed by atoms with Gasteiger partial charge >= 0.3 is 11.9 Å². The molecule has 0 spiro atoms. The molecular weight excluding hydrogens is 643 g/mol. The van der Waals surface area contributed by atoms with Gasteiger partial charge in [-0.3, -0.25) is 9.59 Å². The first-order valence-electron chi connectivity index (χ1n) is 16.0. The quantitative estimate of drug-likeness (QED) is 0.231. The second kappa shape index (κ2) is 10.5. The second-order valence-corrected chi connectivity index (χ2v) is 17.2. The van der Waals surface area contributed by atoms with Crippen molar-refractivity contribution in [1.29, 1.82) is 0 Å². The third-order valence-corrected chi connectivity index (χ3v) is 14.1. The van der Waals surface area contributed by atoms with E-state index in [1.54, 1.807) is 13.8 Å². The van der Waals surface area contributed by atoms with E-state index in [4.69, 9.17) is 9.47 Å². The summed E-state index contributed by atoms with van der Waals surface area (Å²) in [6.45, 7) is 4.95. The van der Waals surface area contributed by atoms with Gasteiger partial charge in [-0.2, -0.15) is 0 Å². The summed E-state index contributed by atoms with van der Waals surface area (Å²) in [5.74, 6) is -4.21. The molecule has 1 N–H and O–H groups in total. The minimum Gasteiger partial charge on any atom is -0.744 e. The smallest absolute Gasteiger partial charge is 0.316 e. The Morgan fingerprint density at radius 2 is 1.53 bits per heavy atom. The van der Waals surface area contributed by atoms with E-state index in [-0.39, 0.29) is 39.5 Å². The zero-order valence-corrected chi connectivity index (χ0v) is 27.6. The number of sulfonamides is 1. The largest absolute Gasteiger partial charge is 0.744 e. The molecule has 7 atom stereocenters. The fraction of sp³-hybridized carbons (Fsp3) is 0.429. The summed E-state index contributed by atoms with van der Waals surface area (Å²) in [5.41, 5.74) is 5.09. The van der Waals surface area contributed by atoms with Crippen molar-refractivity contribution in [1.82, 2.24) is 4.72 Å². The topological polar surface area (TPSA) is 156 Å². The van der Waals surface area contributed by atoms with Crippen molar-refractivity contribution in [2.45, 2.75) is 73.7 Å². The summed E-state index contributed by atoms with van der Waals surface area (Å²) in [6.07, 6.45) is 0.116. The fourth-order valence-corrected chi connectivity index (χ4v) is 12.5. The monoisotopic (exact) mass is 676 g/mol. The summed E-state index contributed by atoms with van der Waals surface area (Å²) in [7, 11) is -8.70. The van der Waals surface area contributed by atoms with Crippen LogP contribution in [0.3, 0.4) is 0 Å². The number of nitrogens with one attached hydrogen (secondary N) is 1. The molecule has 0 aromatic heterocycles. The molecule has 3 aromatic carbocycles. The van der Waals surface area contributed by atoms with Crippen LogP contribution in [0.25, 0.3) is 0 Å². The third-order valence-electron chi connectivity index (χ3n) is 11.2. The predicted molar refractivity (Wildman–Crippen MR) is 168 cm³/mol. The van der Waals surface area contributed by atoms with Crippen LogP contribution in [0.2, 0.25) is 0 Å². The zero-order valence-electron chi connectivity index (χ0n) is 26.0. The van der Waals surface area contributed by atoms with Crippen LogP contribution in [0.4, 0.5) is 0 Å². The fourth-order valence-electron chi connectivity index (χ4n) is 9.34. The molecule has 1 aliphatic heterocycles. The molecule has 47 heavy (non-hydrogen) atoms. The summed E-state index contributed by atoms with van der Waals surface area (Å²) in [6, 6.07) is 18.3. The number of hydrogen-bond donors (Lipinski definition) is 1. The van der Waals surface area contributed by atoms with Gasteiger partial charge in [0.1, 0.15) is 22.0 Å². The maximum atomic E-state index is 14.1. The number of carbonyl (C=O) groups is 2. The minimum atomic E-state index is -4.78. The predicted octanol–water partition coefficient (Wildman–Crippen LogP) is 4.07. The van der Waals surface area contributed by atoms with E-state index >= 15 is 0 Å². The normalized spacial score (nSPS) is 32.2. The van der Waals surface area contributed by atoms with E-state index in [0.29, 0.717) is 12.8 Å². The number of carbonyl (C=O) groups excluding carboxylic acids is 2. The molecule has 5 aliphatic carbocycles. The molecule has 12 heteroatoms. The van der Waals surface area contributed by atoms with Crippen LogP contribution in [0, 0.1) is 30.6 Å². The van der Waals surface area contributed by atoms with Gasteiger partial charge in [-0.05, 0) is 77.1 Å². The summed E-state index contributed by atoms with van der Waals surface area (Å²) >= 11 is 0. The van der Waals surface area contributed by atoms with Gasteiger partial charge in [-0.25, -0.2) is 21.6 Å². The van der Waals surface area contributed by atoms with Gasteiger partial charge in [0.05, 0.1) is 28.0 Å². The SMILES string of the molecule is Cc1cc(S(=O)(=O)[O-])c(C(C)C)cc1OC(=O)C1C2CC3C(NS(=O)(=O)C31)C2OC(=O)C1CC2c3ccccc3C1c1ccccc12. The van der Waals surface area contributed by atoms with E-state index in [0.717, 1.165) is 11.1 Å². The lowest BCUT2D eigenvalue weighted by Gasteiger charge is -2.45. The van der Waals surface area contributed by atoms with Crippen molar-refractivity contribution in [3.05, 3.63) is 94.0 Å². The lowest BCUT2D eigenvalue weighted by atomic mass is 9.59. The Hall–Kier alpha value is -3.58. The zero-order chi connectivity index (χ0) is 33.2. The highest BCUT2D eigenvalue weighted by Crippen LogP contribution is 2.59. The Bertz CT molecular complexity index is 2030. The first kappa shape index (κ1) is 30.7. The Morgan fingerprint density at radius 3 is 2.13 bits per heavy atom. The molecule has 1 heterocycles. The van der Waals surface area contributed by atoms with Gasteiger partial charge < -0.3 is 14.0 Å². The third kappa shape index (κ3) is 4.55. The molecule has 6 aliphatic rings. The number of benzene rings is 3. The standard InChI is InChI=1S/C35H35NO9S2/c1-16(2)22-15-27(17(3)12-28(22)47(41,42)43)44-35(38)30-24-14-26-31(36-46(39,40)33(26)30)32(24)45-34(37)25-13-23-18-8-4-6-10-20(18)29(25)21-11-7-5-9-19(21)23/h4-12,15-16,23-26,29-33,36H,13-14H2,1-3H3,(H,41,42,43)/p-1. The van der Waals surface area contributed by atoms with Crippen LogP contribution in [0.1, 0.15) is 77.8 Å². The van der Waals surface area contributed by atoms with Crippen molar-refractivity contribution < 1.29 is 40.5 Å². The first-order valence-corrected chi connectivity index (χ1v) is 18.9. The highest BCUT2D eigenvalue weighted by molar-refractivity contribution is 7.90. The van der Waals surface area contributed by atoms with Crippen LogP contribution < -0.4 is 9.46 Å². The number of fused-ring (bicyclic) bond motifs is 2. The molecular formula is C35H34NO9S2-. The van der Waals surface area contributed by atoms with Crippen LogP contribution in [-0.2, 0) is 34.5 Å². The second-order valence-electron chi connectivity index (χ2n) is 14.0. The lowest BCUT2D eigenvalue weighted by molar-refractivity contribution is -0.162. The molecule has 4 bridgehead atoms. The molecule has 2 saturated carbocycles. The van der Waals surface area contributed by atoms with Crippen molar-refractivity contribution in [2.75, 3.05) is 0 Å². The highest BCUT2D eigenvalue weighted by atomic mass is 32.2. The van der Waals surface area contributed by atoms with Crippen molar-refractivity contribution in [3.8, 4) is 5.75 Å². The van der Waals surface area contributed by atoms with Crippen LogP contribution in [-0.4, -0.2) is 50.7 Å². The summed E-state index contributed by atoms with van der Waals surface area (Å²) < 4.78 is 77.3. The Balaban J connectivity index is 1.09. The van der Waals surface area contributed by atoms with Crippen molar-refractivity contribution >= 4 is 32.1 Å². The van der Waals surface area contributed by atoms with E-state index in [2.05, 4.69) is 29.0 Å². The van der Waals surface area contributed by atoms with Crippen LogP contribution in [0.15, 0.2) is 65.6 Å². The van der Waals surface area contributed by atoms with Crippen molar-refractivity contribution in [2.24, 2.45) is 23.7 Å². The number of hydrogen-bond acceptors (Lipinski definition) is 9. The Labute approximate surface area is 273 Å². The van der Waals surface area contributed by atoms with Crippen LogP contribution in [0.5, 0.6) is 5.75 Å². The van der Waals surface area contributed by atoms with E-state index in [9.17, 15) is 31.0 Å². The maximum absolute atomic E-state index is 14.1. The molecule has 3 aromatic rings. The number of ether oxygens (including phenoxy) is 2. The van der Waals surface area contributed by atoms with Gasteiger partial charge in [0.15, 0.2) is 0 Å². The molecule has 1 saturated heterocycles. The highest BCUT2D eigenvalue weighted by Gasteiger charge is 2.71. The van der Waals surface area contributed by atoms with E-state index in [1.807, 2.05) is 24.3 Å². The van der Waals surface area contributed by atoms with E-state index < -0.39 is 73.1 Å². The maximum Gasteiger partial charge on any atom is 0.316 e. The Kier molecular flexibility index (Phi) is 6.84. The number of rotatable bonds is 6. The minimum absolute atomic E-state index is 0.0454. The number of aryl methyl sites for hydroxylation is 1. The molecule has 246 valence electrons. The average molecular weight is 677 g/mol. The van der Waals surface area contributed by atoms with Crippen molar-refractivity contribution in [3.63, 3.8) is 0 Å². The molecule has 7 unspecified atom stereocenters. The molecule has 0 amide bonds. The molecule has 0 radical (unpaired) electrons. The first-order chi connectivity index (χ1) is 22.3. The molecule has 3 fully saturated rings. The van der Waals surface area contributed by atoms with Gasteiger partial charge in [-0.1, -0.05) is 62.4 Å². The lowest BCUT2D eigenvalue weighted by Crippen LogP contribution is -2.49. The van der Waals surface area contributed by atoms with Gasteiger partial charge in [0.25, 0.3) is 0 Å². The molecule has 10 nitrogen and oxygen atoms in total. The summed E-state index contributed by atoms with van der Waals surface area (Å²) in [5, 5.41) is -1.03. The molecule has 9 rings (SSSR count). The van der Waals surface area contributed by atoms with Gasteiger partial charge in [0.2, 0.25) is 10.0 Å². The van der Waals surface area contributed by atoms with Crippen LogP contribution >= 0.6 is 0 Å². The number of esters is 2. The van der Waals surface area contributed by atoms with Gasteiger partial charge in [0, 0.05) is 17.8 Å². The summed E-state index contributed by atoms with van der Waals surface area (Å²) in [4.78, 5) is 27.6. The Morgan fingerprint density at radius 1 is 0.915 bits per heavy atom. The van der Waals surface area contributed by atoms with Gasteiger partial charge in [-0.15, -0.1) is 0 Å².